The van der Waals surface area contributed by atoms with Crippen molar-refractivity contribution in [3.8, 4) is 0 Å². The Bertz CT molecular complexity index is 654. The van der Waals surface area contributed by atoms with E-state index in [1.807, 2.05) is 4.98 Å². The van der Waals surface area contributed by atoms with Crippen molar-refractivity contribution < 1.29 is 28.2 Å². The maximum atomic E-state index is 14.2. The number of rotatable bonds is 8. The van der Waals surface area contributed by atoms with Gasteiger partial charge in [-0.25, -0.2) is 9.18 Å². The normalized spacial score (nSPS) is 13.2. The van der Waals surface area contributed by atoms with Crippen molar-refractivity contribution in [1.82, 2.24) is 9.55 Å². The number of esters is 2. The third kappa shape index (κ3) is 6.43. The Morgan fingerprint density at radius 1 is 1.22 bits per heavy atom. The van der Waals surface area contributed by atoms with E-state index in [9.17, 15) is 23.6 Å². The molecule has 0 aromatic carbocycles. The molecule has 1 aromatic rings. The van der Waals surface area contributed by atoms with Crippen LogP contribution in [0.15, 0.2) is 21.9 Å². The summed E-state index contributed by atoms with van der Waals surface area (Å²) in [6.07, 6.45) is -2.29. The summed E-state index contributed by atoms with van der Waals surface area (Å²) >= 11 is 0. The molecule has 1 unspecified atom stereocenters. The molecule has 0 saturated carbocycles. The largest absolute Gasteiger partial charge is 0.463 e. The van der Waals surface area contributed by atoms with Crippen molar-refractivity contribution in [2.24, 2.45) is 0 Å². The van der Waals surface area contributed by atoms with Crippen LogP contribution >= 0.6 is 0 Å². The van der Waals surface area contributed by atoms with Crippen LogP contribution in [0, 0.1) is 0 Å². The van der Waals surface area contributed by atoms with Crippen molar-refractivity contribution >= 4 is 11.9 Å². The smallest absolute Gasteiger partial charge is 0.330 e. The Morgan fingerprint density at radius 2 is 1.87 bits per heavy atom. The summed E-state index contributed by atoms with van der Waals surface area (Å²) in [6, 6.07) is 1.02. The molecule has 0 bridgehead atoms. The fourth-order valence-corrected chi connectivity index (χ4v) is 1.62. The molecule has 128 valence electrons. The van der Waals surface area contributed by atoms with E-state index >= 15 is 0 Å². The van der Waals surface area contributed by atoms with E-state index in [0.717, 1.165) is 23.8 Å². The standard InChI is InChI=1S/C13H17FN2O7/c1-8(17)21-5-6-22-12(10(14)7-23-9(2)18)16-4-3-11(19)15-13(16)20/h3-4,10,12H,5-7H2,1-2H3,(H,15,19,20)/t10?,12-/m1/s1. The first kappa shape index (κ1) is 18.6. The van der Waals surface area contributed by atoms with E-state index in [2.05, 4.69) is 9.47 Å². The SMILES string of the molecule is CC(=O)OCCO[C@H](C(F)COC(C)=O)n1ccc(=O)[nH]c1=O. The lowest BCUT2D eigenvalue weighted by atomic mass is 10.3. The third-order valence-corrected chi connectivity index (χ3v) is 2.56. The van der Waals surface area contributed by atoms with Crippen molar-refractivity contribution in [1.29, 1.82) is 0 Å². The molecule has 1 aromatic heterocycles. The second-order valence-corrected chi connectivity index (χ2v) is 4.44. The van der Waals surface area contributed by atoms with E-state index < -0.39 is 42.2 Å². The first-order valence-electron chi connectivity index (χ1n) is 6.65. The van der Waals surface area contributed by atoms with Crippen LogP contribution in [0.3, 0.4) is 0 Å². The lowest BCUT2D eigenvalue weighted by Gasteiger charge is -2.23. The highest BCUT2D eigenvalue weighted by Gasteiger charge is 2.26. The maximum Gasteiger partial charge on any atom is 0.330 e. The van der Waals surface area contributed by atoms with Crippen LogP contribution in [0.2, 0.25) is 0 Å². The van der Waals surface area contributed by atoms with E-state index in [0.29, 0.717) is 0 Å². The van der Waals surface area contributed by atoms with Gasteiger partial charge in [0, 0.05) is 26.1 Å². The zero-order chi connectivity index (χ0) is 17.4. The van der Waals surface area contributed by atoms with Crippen LogP contribution in [0.5, 0.6) is 0 Å². The summed E-state index contributed by atoms with van der Waals surface area (Å²) in [7, 11) is 0. The number of hydrogen-bond acceptors (Lipinski definition) is 7. The number of alkyl halides is 1. The van der Waals surface area contributed by atoms with E-state index in [-0.39, 0.29) is 13.2 Å². The molecule has 2 atom stereocenters. The number of nitrogens with one attached hydrogen (secondary N) is 1. The Hall–Kier alpha value is -2.49. The van der Waals surface area contributed by atoms with Gasteiger partial charge in [0.25, 0.3) is 5.56 Å². The minimum Gasteiger partial charge on any atom is -0.463 e. The van der Waals surface area contributed by atoms with Gasteiger partial charge < -0.3 is 14.2 Å². The number of nitrogens with zero attached hydrogens (tertiary/aromatic N) is 1. The molecule has 23 heavy (non-hydrogen) atoms. The fourth-order valence-electron chi connectivity index (χ4n) is 1.62. The summed E-state index contributed by atoms with van der Waals surface area (Å²) in [5.41, 5.74) is -1.54. The van der Waals surface area contributed by atoms with Crippen molar-refractivity contribution in [3.05, 3.63) is 33.1 Å². The molecule has 0 aliphatic carbocycles. The minimum absolute atomic E-state index is 0.149. The average molecular weight is 332 g/mol. The molecule has 0 spiro atoms. The van der Waals surface area contributed by atoms with Gasteiger partial charge in [-0.15, -0.1) is 0 Å². The first-order valence-corrected chi connectivity index (χ1v) is 6.65. The topological polar surface area (TPSA) is 117 Å². The third-order valence-electron chi connectivity index (χ3n) is 2.56. The highest BCUT2D eigenvalue weighted by molar-refractivity contribution is 5.66. The van der Waals surface area contributed by atoms with Gasteiger partial charge in [-0.3, -0.25) is 23.9 Å². The van der Waals surface area contributed by atoms with E-state index in [4.69, 9.17) is 4.74 Å². The molecule has 1 N–H and O–H groups in total. The summed E-state index contributed by atoms with van der Waals surface area (Å²) in [6.45, 7) is 1.32. The molecular weight excluding hydrogens is 315 g/mol. The molecule has 0 radical (unpaired) electrons. The highest BCUT2D eigenvalue weighted by Crippen LogP contribution is 2.15. The number of halogens is 1. The van der Waals surface area contributed by atoms with Crippen molar-refractivity contribution in [2.75, 3.05) is 19.8 Å². The zero-order valence-corrected chi connectivity index (χ0v) is 12.6. The Balaban J connectivity index is 2.86. The molecule has 0 aliphatic heterocycles. The second kappa shape index (κ2) is 8.83. The number of carbonyl (C=O) groups excluding carboxylic acids is 2. The number of aromatic amines is 1. The molecule has 1 rings (SSSR count). The first-order chi connectivity index (χ1) is 10.8. The predicted octanol–water partition coefficient (Wildman–Crippen LogP) is -0.484. The lowest BCUT2D eigenvalue weighted by molar-refractivity contribution is -0.151. The molecule has 0 fully saturated rings. The predicted molar refractivity (Wildman–Crippen MR) is 74.5 cm³/mol. The van der Waals surface area contributed by atoms with Crippen LogP contribution < -0.4 is 11.2 Å². The van der Waals surface area contributed by atoms with Gasteiger partial charge in [-0.2, -0.15) is 0 Å². The maximum absolute atomic E-state index is 14.2. The number of H-pyrrole nitrogens is 1. The zero-order valence-electron chi connectivity index (χ0n) is 12.6. The summed E-state index contributed by atoms with van der Waals surface area (Å²) in [5, 5.41) is 0. The summed E-state index contributed by atoms with van der Waals surface area (Å²) < 4.78 is 29.4. The molecular formula is C13H17FN2O7. The Kier molecular flexibility index (Phi) is 7.13. The van der Waals surface area contributed by atoms with E-state index in [1.54, 1.807) is 0 Å². The number of hydrogen-bond donors (Lipinski definition) is 1. The van der Waals surface area contributed by atoms with Crippen LogP contribution in [0.1, 0.15) is 20.1 Å². The highest BCUT2D eigenvalue weighted by atomic mass is 19.1. The van der Waals surface area contributed by atoms with Crippen molar-refractivity contribution in [2.45, 2.75) is 26.2 Å². The fraction of sp³-hybridized carbons (Fsp3) is 0.538. The monoisotopic (exact) mass is 332 g/mol. The Morgan fingerprint density at radius 3 is 2.43 bits per heavy atom. The van der Waals surface area contributed by atoms with Gasteiger partial charge in [-0.05, 0) is 0 Å². The van der Waals surface area contributed by atoms with Crippen LogP contribution in [0.4, 0.5) is 4.39 Å². The summed E-state index contributed by atoms with van der Waals surface area (Å²) in [4.78, 5) is 46.2. The molecule has 0 amide bonds. The lowest BCUT2D eigenvalue weighted by Crippen LogP contribution is -2.38. The molecule has 10 heteroatoms. The average Bonchev–Trinajstić information content (AvgIpc) is 2.45. The molecule has 0 saturated heterocycles. The van der Waals surface area contributed by atoms with Crippen LogP contribution in [-0.2, 0) is 23.8 Å². The molecule has 1 heterocycles. The van der Waals surface area contributed by atoms with Crippen molar-refractivity contribution in [3.63, 3.8) is 0 Å². The quantitative estimate of drug-likeness (QED) is 0.504. The van der Waals surface area contributed by atoms with Gasteiger partial charge in [0.2, 0.25) is 0 Å². The minimum atomic E-state index is -1.88. The van der Waals surface area contributed by atoms with Gasteiger partial charge in [-0.1, -0.05) is 0 Å². The van der Waals surface area contributed by atoms with Gasteiger partial charge >= 0.3 is 17.6 Å². The molecule has 0 aliphatic rings. The van der Waals surface area contributed by atoms with Gasteiger partial charge in [0.15, 0.2) is 12.4 Å². The van der Waals surface area contributed by atoms with Crippen LogP contribution in [0.25, 0.3) is 0 Å². The number of ether oxygens (including phenoxy) is 3. The van der Waals surface area contributed by atoms with E-state index in [1.165, 1.54) is 6.92 Å². The summed E-state index contributed by atoms with van der Waals surface area (Å²) in [5.74, 6) is -1.23. The number of aromatic nitrogens is 2. The number of carbonyl (C=O) groups is 2. The second-order valence-electron chi connectivity index (χ2n) is 4.44. The van der Waals surface area contributed by atoms with Crippen LogP contribution in [-0.4, -0.2) is 47.5 Å². The molecule has 9 nitrogen and oxygen atoms in total. The van der Waals surface area contributed by atoms with Gasteiger partial charge in [0.05, 0.1) is 6.61 Å². The van der Waals surface area contributed by atoms with Gasteiger partial charge in [0.1, 0.15) is 13.2 Å². The Labute approximate surface area is 130 Å².